The lowest BCUT2D eigenvalue weighted by molar-refractivity contribution is 0.182. The quantitative estimate of drug-likeness (QED) is 0.873. The maximum Gasteiger partial charge on any atom is 0.179 e. The van der Waals surface area contributed by atoms with Crippen LogP contribution < -0.4 is 5.32 Å². The Morgan fingerprint density at radius 3 is 2.40 bits per heavy atom. The Hall–Kier alpha value is -1.38. The predicted molar refractivity (Wildman–Crippen MR) is 78.1 cm³/mol. The van der Waals surface area contributed by atoms with Crippen molar-refractivity contribution in [2.24, 2.45) is 0 Å². The molecule has 1 saturated carbocycles. The number of sulfone groups is 1. The fourth-order valence-corrected chi connectivity index (χ4v) is 3.72. The van der Waals surface area contributed by atoms with Gasteiger partial charge in [-0.05, 0) is 49.9 Å². The van der Waals surface area contributed by atoms with Gasteiger partial charge in [-0.25, -0.2) is 8.42 Å². The normalized spacial score (nSPS) is 17.2. The third-order valence-corrected chi connectivity index (χ3v) is 5.93. The molecule has 0 aromatic heterocycles. The summed E-state index contributed by atoms with van der Waals surface area (Å²) in [5, 5.41) is 12.1. The van der Waals surface area contributed by atoms with E-state index in [1.807, 2.05) is 6.07 Å². The minimum atomic E-state index is -3.27. The summed E-state index contributed by atoms with van der Waals surface area (Å²) < 4.78 is 24.4. The summed E-state index contributed by atoms with van der Waals surface area (Å²) in [5.74, 6) is 0.0979. The first-order valence-corrected chi connectivity index (χ1v) is 8.64. The van der Waals surface area contributed by atoms with Crippen molar-refractivity contribution in [1.29, 1.82) is 5.26 Å². The Balaban J connectivity index is 1.95. The number of nitriles is 1. The number of nitrogens with one attached hydrogen (secondary N) is 1. The topological polar surface area (TPSA) is 70.0 Å². The van der Waals surface area contributed by atoms with Gasteiger partial charge in [0.25, 0.3) is 0 Å². The Labute approximate surface area is 120 Å². The third-order valence-electron chi connectivity index (χ3n) is 4.20. The number of hydrogen-bond acceptors (Lipinski definition) is 4. The molecule has 0 spiro atoms. The fourth-order valence-electron chi connectivity index (χ4n) is 2.56. The van der Waals surface area contributed by atoms with Crippen LogP contribution in [0.2, 0.25) is 0 Å². The van der Waals surface area contributed by atoms with Gasteiger partial charge in [0.15, 0.2) is 9.84 Å². The molecule has 0 amide bonds. The molecule has 1 aliphatic carbocycles. The molecule has 2 rings (SSSR count). The van der Waals surface area contributed by atoms with Gasteiger partial charge in [0.05, 0.1) is 22.3 Å². The van der Waals surface area contributed by atoms with Gasteiger partial charge in [0.1, 0.15) is 0 Å². The molecule has 1 fully saturated rings. The Bertz CT molecular complexity index is 590. The second-order valence-corrected chi connectivity index (χ2v) is 7.48. The van der Waals surface area contributed by atoms with Gasteiger partial charge in [0, 0.05) is 12.1 Å². The van der Waals surface area contributed by atoms with Crippen molar-refractivity contribution in [3.8, 4) is 6.07 Å². The second-order valence-electron chi connectivity index (χ2n) is 5.37. The highest BCUT2D eigenvalue weighted by Gasteiger charge is 2.34. The van der Waals surface area contributed by atoms with Crippen LogP contribution in [0, 0.1) is 11.3 Å². The van der Waals surface area contributed by atoms with Crippen LogP contribution in [-0.2, 0) is 9.84 Å². The number of benzene rings is 1. The average molecular weight is 292 g/mol. The van der Waals surface area contributed by atoms with Crippen LogP contribution in [0.5, 0.6) is 0 Å². The molecule has 4 nitrogen and oxygen atoms in total. The Morgan fingerprint density at radius 1 is 1.30 bits per heavy atom. The van der Waals surface area contributed by atoms with Crippen LogP contribution in [0.15, 0.2) is 29.2 Å². The van der Waals surface area contributed by atoms with Crippen molar-refractivity contribution in [3.05, 3.63) is 29.8 Å². The zero-order valence-corrected chi connectivity index (χ0v) is 12.5. The summed E-state index contributed by atoms with van der Waals surface area (Å²) in [5.41, 5.74) is 0.640. The van der Waals surface area contributed by atoms with Gasteiger partial charge in [-0.2, -0.15) is 5.26 Å². The second kappa shape index (κ2) is 5.94. The van der Waals surface area contributed by atoms with Crippen molar-refractivity contribution < 1.29 is 8.42 Å². The standard InChI is InChI=1S/C15H20N2O2S/c1-2-15(8-3-9-15)17-10-11-20(18,19)14-6-4-13(12-16)5-7-14/h4-7,17H,2-3,8-11H2,1H3. The molecule has 20 heavy (non-hydrogen) atoms. The van der Waals surface area contributed by atoms with Crippen LogP contribution in [0.4, 0.5) is 0 Å². The summed E-state index contributed by atoms with van der Waals surface area (Å²) in [6, 6.07) is 8.08. The summed E-state index contributed by atoms with van der Waals surface area (Å²) >= 11 is 0. The van der Waals surface area contributed by atoms with Gasteiger partial charge in [-0.3, -0.25) is 0 Å². The van der Waals surface area contributed by atoms with Crippen molar-refractivity contribution in [1.82, 2.24) is 5.32 Å². The minimum Gasteiger partial charge on any atom is -0.310 e. The number of hydrogen-bond donors (Lipinski definition) is 1. The van der Waals surface area contributed by atoms with Gasteiger partial charge in [-0.15, -0.1) is 0 Å². The molecule has 1 N–H and O–H groups in total. The maximum atomic E-state index is 12.2. The highest BCUT2D eigenvalue weighted by molar-refractivity contribution is 7.91. The van der Waals surface area contributed by atoms with Gasteiger partial charge in [-0.1, -0.05) is 6.92 Å². The van der Waals surface area contributed by atoms with Gasteiger partial charge >= 0.3 is 0 Å². The fraction of sp³-hybridized carbons (Fsp3) is 0.533. The van der Waals surface area contributed by atoms with Crippen molar-refractivity contribution >= 4 is 9.84 Å². The van der Waals surface area contributed by atoms with E-state index >= 15 is 0 Å². The molecule has 0 saturated heterocycles. The first kappa shape index (κ1) is 15.0. The van der Waals surface area contributed by atoms with E-state index in [0.717, 1.165) is 19.3 Å². The van der Waals surface area contributed by atoms with E-state index in [9.17, 15) is 8.42 Å². The van der Waals surface area contributed by atoms with Gasteiger partial charge in [0.2, 0.25) is 0 Å². The van der Waals surface area contributed by atoms with Crippen LogP contribution >= 0.6 is 0 Å². The van der Waals surface area contributed by atoms with Crippen LogP contribution in [0.25, 0.3) is 0 Å². The van der Waals surface area contributed by atoms with Crippen LogP contribution in [0.3, 0.4) is 0 Å². The van der Waals surface area contributed by atoms with E-state index in [2.05, 4.69) is 12.2 Å². The van der Waals surface area contributed by atoms with E-state index in [1.54, 1.807) is 12.1 Å². The molecule has 1 aromatic carbocycles. The molecule has 5 heteroatoms. The summed E-state index contributed by atoms with van der Waals surface area (Å²) in [6.07, 6.45) is 4.55. The monoisotopic (exact) mass is 292 g/mol. The smallest absolute Gasteiger partial charge is 0.179 e. The molecule has 0 atom stereocenters. The predicted octanol–water partition coefficient (Wildman–Crippen LogP) is 2.25. The zero-order chi connectivity index (χ0) is 14.6. The highest BCUT2D eigenvalue weighted by Crippen LogP contribution is 2.34. The average Bonchev–Trinajstić information content (AvgIpc) is 2.42. The summed E-state index contributed by atoms with van der Waals surface area (Å²) in [7, 11) is -3.27. The Morgan fingerprint density at radius 2 is 1.95 bits per heavy atom. The van der Waals surface area contributed by atoms with Crippen molar-refractivity contribution in [3.63, 3.8) is 0 Å². The van der Waals surface area contributed by atoms with Crippen molar-refractivity contribution in [2.75, 3.05) is 12.3 Å². The molecule has 1 aromatic rings. The lowest BCUT2D eigenvalue weighted by Crippen LogP contribution is -2.51. The van der Waals surface area contributed by atoms with E-state index in [4.69, 9.17) is 5.26 Å². The Kier molecular flexibility index (Phi) is 4.46. The molecule has 108 valence electrons. The molecular weight excluding hydrogens is 272 g/mol. The molecule has 0 heterocycles. The van der Waals surface area contributed by atoms with E-state index in [0.29, 0.717) is 12.1 Å². The number of nitrogens with zero attached hydrogens (tertiary/aromatic N) is 1. The zero-order valence-electron chi connectivity index (χ0n) is 11.7. The third kappa shape index (κ3) is 3.20. The molecule has 0 bridgehead atoms. The molecular formula is C15H20N2O2S. The summed E-state index contributed by atoms with van der Waals surface area (Å²) in [4.78, 5) is 0.289. The first-order valence-electron chi connectivity index (χ1n) is 6.99. The van der Waals surface area contributed by atoms with E-state index in [1.165, 1.54) is 18.6 Å². The molecule has 0 aliphatic heterocycles. The lowest BCUT2D eigenvalue weighted by Gasteiger charge is -2.42. The maximum absolute atomic E-state index is 12.2. The highest BCUT2D eigenvalue weighted by atomic mass is 32.2. The summed E-state index contributed by atoms with van der Waals surface area (Å²) in [6.45, 7) is 2.62. The lowest BCUT2D eigenvalue weighted by atomic mass is 9.75. The van der Waals surface area contributed by atoms with Gasteiger partial charge < -0.3 is 5.32 Å². The minimum absolute atomic E-state index is 0.0979. The van der Waals surface area contributed by atoms with Crippen LogP contribution in [-0.4, -0.2) is 26.3 Å². The van der Waals surface area contributed by atoms with Crippen LogP contribution in [0.1, 0.15) is 38.2 Å². The molecule has 0 radical (unpaired) electrons. The van der Waals surface area contributed by atoms with E-state index in [-0.39, 0.29) is 16.2 Å². The van der Waals surface area contributed by atoms with E-state index < -0.39 is 9.84 Å². The SMILES string of the molecule is CCC1(NCCS(=O)(=O)c2ccc(C#N)cc2)CCC1. The molecule has 0 unspecified atom stereocenters. The van der Waals surface area contributed by atoms with Crippen molar-refractivity contribution in [2.45, 2.75) is 43.0 Å². The first-order chi connectivity index (χ1) is 9.51. The largest absolute Gasteiger partial charge is 0.310 e. The number of rotatable bonds is 6. The molecule has 1 aliphatic rings.